The molecule has 0 aromatic heterocycles. The van der Waals surface area contributed by atoms with Gasteiger partial charge in [0.05, 0.1) is 13.2 Å². The minimum Gasteiger partial charge on any atom is -0.491 e. The van der Waals surface area contributed by atoms with Gasteiger partial charge in [0, 0.05) is 36.2 Å². The van der Waals surface area contributed by atoms with E-state index in [4.69, 9.17) is 9.47 Å². The summed E-state index contributed by atoms with van der Waals surface area (Å²) in [7, 11) is 0. The van der Waals surface area contributed by atoms with Gasteiger partial charge in [0.15, 0.2) is 0 Å². The number of ether oxygens (including phenoxy) is 2. The van der Waals surface area contributed by atoms with E-state index in [0.717, 1.165) is 5.56 Å². The zero-order valence-electron chi connectivity index (χ0n) is 18.7. The maximum atomic E-state index is 12.5. The smallest absolute Gasteiger partial charge is 0.251 e. The number of rotatable bonds is 12. The Labute approximate surface area is 194 Å². The van der Waals surface area contributed by atoms with Gasteiger partial charge in [-0.3, -0.25) is 9.59 Å². The molecule has 0 aliphatic rings. The third kappa shape index (κ3) is 8.31. The highest BCUT2D eigenvalue weighted by Gasteiger charge is 2.08. The lowest BCUT2D eigenvalue weighted by Crippen LogP contribution is -2.23. The first-order valence-electron chi connectivity index (χ1n) is 10.9. The first-order valence-corrected chi connectivity index (χ1v) is 10.9. The Morgan fingerprint density at radius 2 is 1.64 bits per heavy atom. The van der Waals surface area contributed by atoms with Gasteiger partial charge in [0.25, 0.3) is 5.91 Å². The second-order valence-corrected chi connectivity index (χ2v) is 7.22. The highest BCUT2D eigenvalue weighted by Crippen LogP contribution is 2.17. The molecule has 0 saturated heterocycles. The van der Waals surface area contributed by atoms with Gasteiger partial charge in [0.1, 0.15) is 12.4 Å². The first-order chi connectivity index (χ1) is 16.1. The van der Waals surface area contributed by atoms with E-state index in [2.05, 4.69) is 16.0 Å². The van der Waals surface area contributed by atoms with Crippen LogP contribution in [-0.4, -0.2) is 38.2 Å². The molecular formula is C26H29N3O4. The zero-order valence-corrected chi connectivity index (χ0v) is 18.7. The summed E-state index contributed by atoms with van der Waals surface area (Å²) < 4.78 is 10.9. The summed E-state index contributed by atoms with van der Waals surface area (Å²) in [5, 5.41) is 8.80. The molecule has 172 valence electrons. The fourth-order valence-electron chi connectivity index (χ4n) is 3.06. The second-order valence-electron chi connectivity index (χ2n) is 7.22. The molecule has 33 heavy (non-hydrogen) atoms. The summed E-state index contributed by atoms with van der Waals surface area (Å²) in [4.78, 5) is 24.8. The second kappa shape index (κ2) is 12.9. The van der Waals surface area contributed by atoms with E-state index in [1.54, 1.807) is 30.3 Å². The Balaban J connectivity index is 1.47. The van der Waals surface area contributed by atoms with Crippen molar-refractivity contribution in [2.45, 2.75) is 13.5 Å². The summed E-state index contributed by atoms with van der Waals surface area (Å²) in [6.45, 7) is 4.05. The van der Waals surface area contributed by atoms with Gasteiger partial charge < -0.3 is 25.4 Å². The maximum absolute atomic E-state index is 12.5. The van der Waals surface area contributed by atoms with Crippen molar-refractivity contribution in [3.8, 4) is 5.75 Å². The minimum absolute atomic E-state index is 0.0600. The molecule has 0 aliphatic heterocycles. The van der Waals surface area contributed by atoms with Gasteiger partial charge in [-0.15, -0.1) is 0 Å². The molecule has 2 amide bonds. The Kier molecular flexibility index (Phi) is 9.29. The van der Waals surface area contributed by atoms with Crippen LogP contribution in [0, 0.1) is 0 Å². The summed E-state index contributed by atoms with van der Waals surface area (Å²) in [6.07, 6.45) is 0. The van der Waals surface area contributed by atoms with E-state index in [-0.39, 0.29) is 18.4 Å². The summed E-state index contributed by atoms with van der Waals surface area (Å²) in [5.41, 5.74) is 2.88. The van der Waals surface area contributed by atoms with Crippen molar-refractivity contribution in [2.24, 2.45) is 0 Å². The van der Waals surface area contributed by atoms with Crippen molar-refractivity contribution in [3.05, 3.63) is 90.0 Å². The molecule has 7 nitrogen and oxygen atoms in total. The molecule has 0 atom stereocenters. The number of amides is 2. The molecule has 3 aromatic carbocycles. The van der Waals surface area contributed by atoms with E-state index >= 15 is 0 Å². The Morgan fingerprint density at radius 3 is 2.45 bits per heavy atom. The first kappa shape index (κ1) is 23.8. The minimum atomic E-state index is -0.208. The lowest BCUT2D eigenvalue weighted by Gasteiger charge is -2.11. The van der Waals surface area contributed by atoms with Gasteiger partial charge in [-0.25, -0.2) is 0 Å². The number of nitrogens with one attached hydrogen (secondary N) is 3. The molecule has 0 spiro atoms. The number of hydrogen-bond donors (Lipinski definition) is 3. The molecule has 0 fully saturated rings. The molecule has 0 aliphatic carbocycles. The third-order valence-corrected chi connectivity index (χ3v) is 4.69. The number of anilines is 2. The molecule has 0 heterocycles. The molecule has 7 heteroatoms. The predicted octanol–water partition coefficient (Wildman–Crippen LogP) is 4.08. The Morgan fingerprint density at radius 1 is 0.848 bits per heavy atom. The van der Waals surface area contributed by atoms with Crippen LogP contribution in [0.5, 0.6) is 5.75 Å². The van der Waals surface area contributed by atoms with Crippen LogP contribution in [0.2, 0.25) is 0 Å². The molecule has 0 radical (unpaired) electrons. The van der Waals surface area contributed by atoms with Gasteiger partial charge in [-0.05, 0) is 42.8 Å². The standard InChI is InChI=1S/C26H29N3O4/c1-2-32-14-15-33-24-13-7-12-23(17-24)29-25(30)19-27-22-11-6-10-21(16-22)26(31)28-18-20-8-4-3-5-9-20/h3-13,16-17,27H,2,14-15,18-19H2,1H3,(H,28,31)(H,29,30). The van der Waals surface area contributed by atoms with Crippen LogP contribution < -0.4 is 20.7 Å². The fraction of sp³-hybridized carbons (Fsp3) is 0.231. The molecule has 0 bridgehead atoms. The van der Waals surface area contributed by atoms with Crippen molar-refractivity contribution in [2.75, 3.05) is 37.0 Å². The topological polar surface area (TPSA) is 88.7 Å². The van der Waals surface area contributed by atoms with E-state index in [1.165, 1.54) is 0 Å². The quantitative estimate of drug-likeness (QED) is 0.364. The van der Waals surface area contributed by atoms with Crippen LogP contribution in [0.4, 0.5) is 11.4 Å². The van der Waals surface area contributed by atoms with E-state index in [1.807, 2.05) is 55.5 Å². The van der Waals surface area contributed by atoms with Gasteiger partial charge in [0.2, 0.25) is 5.91 Å². The Hall–Kier alpha value is -3.84. The van der Waals surface area contributed by atoms with Crippen LogP contribution in [0.3, 0.4) is 0 Å². The average Bonchev–Trinajstić information content (AvgIpc) is 2.85. The largest absolute Gasteiger partial charge is 0.491 e. The lowest BCUT2D eigenvalue weighted by molar-refractivity contribution is -0.114. The monoisotopic (exact) mass is 447 g/mol. The van der Waals surface area contributed by atoms with Gasteiger partial charge in [-0.1, -0.05) is 42.5 Å². The third-order valence-electron chi connectivity index (χ3n) is 4.69. The van der Waals surface area contributed by atoms with Crippen LogP contribution in [0.15, 0.2) is 78.9 Å². The summed E-state index contributed by atoms with van der Waals surface area (Å²) in [5.74, 6) is 0.281. The van der Waals surface area contributed by atoms with Crippen LogP contribution in [-0.2, 0) is 16.1 Å². The maximum Gasteiger partial charge on any atom is 0.251 e. The van der Waals surface area contributed by atoms with Crippen LogP contribution >= 0.6 is 0 Å². The van der Waals surface area contributed by atoms with Crippen molar-refractivity contribution >= 4 is 23.2 Å². The zero-order chi connectivity index (χ0) is 23.3. The number of carbonyl (C=O) groups is 2. The molecule has 3 aromatic rings. The Bertz CT molecular complexity index is 1040. The fourth-order valence-corrected chi connectivity index (χ4v) is 3.06. The van der Waals surface area contributed by atoms with Gasteiger partial charge in [-0.2, -0.15) is 0 Å². The summed E-state index contributed by atoms with van der Waals surface area (Å²) in [6, 6.07) is 24.0. The van der Waals surface area contributed by atoms with Crippen molar-refractivity contribution in [1.29, 1.82) is 0 Å². The number of carbonyl (C=O) groups excluding carboxylic acids is 2. The van der Waals surface area contributed by atoms with E-state index in [0.29, 0.717) is 49.1 Å². The van der Waals surface area contributed by atoms with Crippen molar-refractivity contribution < 1.29 is 19.1 Å². The SMILES string of the molecule is CCOCCOc1cccc(NC(=O)CNc2cccc(C(=O)NCc3ccccc3)c2)c1. The molecule has 0 saturated carbocycles. The van der Waals surface area contributed by atoms with Crippen molar-refractivity contribution in [3.63, 3.8) is 0 Å². The average molecular weight is 448 g/mol. The molecule has 0 unspecified atom stereocenters. The molecular weight excluding hydrogens is 418 g/mol. The number of benzene rings is 3. The number of hydrogen-bond acceptors (Lipinski definition) is 5. The van der Waals surface area contributed by atoms with E-state index in [9.17, 15) is 9.59 Å². The predicted molar refractivity (Wildman–Crippen MR) is 130 cm³/mol. The lowest BCUT2D eigenvalue weighted by atomic mass is 10.1. The molecule has 3 N–H and O–H groups in total. The highest BCUT2D eigenvalue weighted by molar-refractivity contribution is 5.96. The van der Waals surface area contributed by atoms with Gasteiger partial charge >= 0.3 is 0 Å². The summed E-state index contributed by atoms with van der Waals surface area (Å²) >= 11 is 0. The van der Waals surface area contributed by atoms with Crippen molar-refractivity contribution in [1.82, 2.24) is 5.32 Å². The van der Waals surface area contributed by atoms with Crippen LogP contribution in [0.1, 0.15) is 22.8 Å². The van der Waals surface area contributed by atoms with Crippen LogP contribution in [0.25, 0.3) is 0 Å². The van der Waals surface area contributed by atoms with E-state index < -0.39 is 0 Å². The molecule has 3 rings (SSSR count). The normalized spacial score (nSPS) is 10.3. The highest BCUT2D eigenvalue weighted by atomic mass is 16.5.